The first kappa shape index (κ1) is 20.6. The van der Waals surface area contributed by atoms with E-state index < -0.39 is 14.8 Å². The van der Waals surface area contributed by atoms with Crippen molar-refractivity contribution in [3.05, 3.63) is 53.6 Å². The predicted molar refractivity (Wildman–Crippen MR) is 114 cm³/mol. The first-order valence-electron chi connectivity index (χ1n) is 9.72. The van der Waals surface area contributed by atoms with Gasteiger partial charge in [0, 0.05) is 29.9 Å². The molecule has 0 saturated carbocycles. The molecule has 2 N–H and O–H groups in total. The van der Waals surface area contributed by atoms with Crippen LogP contribution in [0.2, 0.25) is 0 Å². The summed E-state index contributed by atoms with van der Waals surface area (Å²) in [7, 11) is -3.26. The molecule has 150 valence electrons. The Balaban J connectivity index is 1.44. The molecule has 1 aliphatic rings. The zero-order valence-corrected chi connectivity index (χ0v) is 17.5. The Morgan fingerprint density at radius 2 is 1.46 bits per heavy atom. The van der Waals surface area contributed by atoms with Gasteiger partial charge in [0.2, 0.25) is 10.0 Å². The number of unbranched alkanes of at least 4 members (excludes halogenated alkanes) is 2. The Morgan fingerprint density at radius 3 is 2.18 bits per heavy atom. The van der Waals surface area contributed by atoms with E-state index in [4.69, 9.17) is 0 Å². The molecule has 0 spiro atoms. The van der Waals surface area contributed by atoms with Gasteiger partial charge in [0.15, 0.2) is 5.78 Å². The molecule has 0 saturated heterocycles. The van der Waals surface area contributed by atoms with Gasteiger partial charge >= 0.3 is 0 Å². The molecule has 0 heterocycles. The molecule has 0 aliphatic heterocycles. The highest BCUT2D eigenvalue weighted by Crippen LogP contribution is 2.37. The van der Waals surface area contributed by atoms with Crippen LogP contribution in [0.4, 0.5) is 5.69 Å². The number of carbonyl (C=O) groups excluding carboxylic acids is 1. The fraction of sp³-hybridized carbons (Fsp3) is 0.409. The minimum absolute atomic E-state index is 0.0837. The van der Waals surface area contributed by atoms with Crippen molar-refractivity contribution in [2.24, 2.45) is 0 Å². The van der Waals surface area contributed by atoms with Crippen LogP contribution in [-0.4, -0.2) is 32.0 Å². The number of sulfonamides is 1. The third-order valence-electron chi connectivity index (χ3n) is 5.01. The molecule has 2 aromatic carbocycles. The zero-order chi connectivity index (χ0) is 20.4. The highest BCUT2D eigenvalue weighted by Gasteiger charge is 2.28. The molecule has 6 heteroatoms. The Hall–Kier alpha value is -2.18. The summed E-state index contributed by atoms with van der Waals surface area (Å²) in [6.07, 6.45) is 2.66. The quantitative estimate of drug-likeness (QED) is 0.556. The lowest BCUT2D eigenvalue weighted by atomic mass is 10.1. The standard InChI is InChI=1S/C22H28N2O3S/c1-22(2,3)28(26,27)24-14-8-4-7-13-23-16-11-12-18-17-9-5-6-10-19(17)21(25)20(18)15-16/h5-6,9-12,15,23-24H,4,7-8,13-14H2,1-3H3. The van der Waals surface area contributed by atoms with Gasteiger partial charge in [-0.1, -0.05) is 36.8 Å². The topological polar surface area (TPSA) is 75.3 Å². The number of carbonyl (C=O) groups is 1. The van der Waals surface area contributed by atoms with Crippen LogP contribution in [0.1, 0.15) is 56.0 Å². The molecule has 0 radical (unpaired) electrons. The van der Waals surface area contributed by atoms with Crippen LogP contribution in [0.5, 0.6) is 0 Å². The van der Waals surface area contributed by atoms with Crippen LogP contribution < -0.4 is 10.0 Å². The van der Waals surface area contributed by atoms with Crippen molar-refractivity contribution in [3.8, 4) is 11.1 Å². The number of rotatable bonds is 8. The Morgan fingerprint density at radius 1 is 0.821 bits per heavy atom. The highest BCUT2D eigenvalue weighted by atomic mass is 32.2. The van der Waals surface area contributed by atoms with E-state index in [1.54, 1.807) is 20.8 Å². The lowest BCUT2D eigenvalue weighted by molar-refractivity contribution is 0.104. The van der Waals surface area contributed by atoms with Gasteiger partial charge in [0.1, 0.15) is 0 Å². The summed E-state index contributed by atoms with van der Waals surface area (Å²) in [6, 6.07) is 13.6. The van der Waals surface area contributed by atoms with E-state index in [1.165, 1.54) is 0 Å². The number of anilines is 1. The predicted octanol–water partition coefficient (Wildman–Crippen LogP) is 4.20. The molecule has 0 amide bonds. The summed E-state index contributed by atoms with van der Waals surface area (Å²) in [5.74, 6) is 0.0837. The first-order valence-corrected chi connectivity index (χ1v) is 11.2. The van der Waals surface area contributed by atoms with Crippen molar-refractivity contribution in [1.82, 2.24) is 4.72 Å². The molecule has 0 fully saturated rings. The van der Waals surface area contributed by atoms with Crippen LogP contribution >= 0.6 is 0 Å². The van der Waals surface area contributed by atoms with E-state index >= 15 is 0 Å². The normalized spacial score (nSPS) is 13.3. The van der Waals surface area contributed by atoms with Gasteiger partial charge in [-0.15, -0.1) is 0 Å². The molecule has 2 aromatic rings. The maximum Gasteiger partial charge on any atom is 0.216 e. The molecule has 5 nitrogen and oxygen atoms in total. The Bertz CT molecular complexity index is 976. The van der Waals surface area contributed by atoms with Crippen LogP contribution in [0, 0.1) is 0 Å². The maximum atomic E-state index is 12.6. The average Bonchev–Trinajstić information content (AvgIpc) is 2.92. The van der Waals surface area contributed by atoms with Gasteiger partial charge in [-0.3, -0.25) is 4.79 Å². The first-order chi connectivity index (χ1) is 13.2. The van der Waals surface area contributed by atoms with E-state index in [9.17, 15) is 13.2 Å². The van der Waals surface area contributed by atoms with Gasteiger partial charge in [-0.2, -0.15) is 0 Å². The van der Waals surface area contributed by atoms with Crippen molar-refractivity contribution < 1.29 is 13.2 Å². The zero-order valence-electron chi connectivity index (χ0n) is 16.7. The monoisotopic (exact) mass is 400 g/mol. The van der Waals surface area contributed by atoms with Gasteiger partial charge < -0.3 is 5.32 Å². The molecule has 0 bridgehead atoms. The summed E-state index contributed by atoms with van der Waals surface area (Å²) in [5, 5.41) is 3.36. The smallest absolute Gasteiger partial charge is 0.216 e. The van der Waals surface area contributed by atoms with Crippen LogP contribution in [-0.2, 0) is 10.0 Å². The molecule has 0 unspecified atom stereocenters. The third kappa shape index (κ3) is 4.28. The number of fused-ring (bicyclic) bond motifs is 3. The van der Waals surface area contributed by atoms with Gasteiger partial charge in [0.05, 0.1) is 4.75 Å². The van der Waals surface area contributed by atoms with Crippen LogP contribution in [0.15, 0.2) is 42.5 Å². The van der Waals surface area contributed by atoms with Crippen molar-refractivity contribution >= 4 is 21.5 Å². The second-order valence-corrected chi connectivity index (χ2v) is 10.7. The third-order valence-corrected chi connectivity index (χ3v) is 7.20. The lowest BCUT2D eigenvalue weighted by Gasteiger charge is -2.19. The maximum absolute atomic E-state index is 12.6. The van der Waals surface area contributed by atoms with E-state index in [-0.39, 0.29) is 5.78 Å². The summed E-state index contributed by atoms with van der Waals surface area (Å²) in [5.41, 5.74) is 4.47. The number of benzene rings is 2. The van der Waals surface area contributed by atoms with E-state index in [0.29, 0.717) is 6.54 Å². The molecule has 0 atom stereocenters. The molecular weight excluding hydrogens is 372 g/mol. The van der Waals surface area contributed by atoms with Gasteiger partial charge in [0.25, 0.3) is 0 Å². The Labute approximate surface area is 167 Å². The van der Waals surface area contributed by atoms with Crippen molar-refractivity contribution in [3.63, 3.8) is 0 Å². The minimum atomic E-state index is -3.26. The van der Waals surface area contributed by atoms with Crippen LogP contribution in [0.3, 0.4) is 0 Å². The number of nitrogens with one attached hydrogen (secondary N) is 2. The summed E-state index contributed by atoms with van der Waals surface area (Å²) < 4.78 is 25.8. The molecule has 0 aromatic heterocycles. The van der Waals surface area contributed by atoms with Gasteiger partial charge in [-0.25, -0.2) is 13.1 Å². The highest BCUT2D eigenvalue weighted by molar-refractivity contribution is 7.90. The SMILES string of the molecule is CC(C)(C)S(=O)(=O)NCCCCCNc1ccc2c(c1)C(=O)c1ccccc1-2. The lowest BCUT2D eigenvalue weighted by Crippen LogP contribution is -2.39. The van der Waals surface area contributed by atoms with E-state index in [0.717, 1.165) is 53.7 Å². The molecule has 28 heavy (non-hydrogen) atoms. The summed E-state index contributed by atoms with van der Waals surface area (Å²) in [4.78, 5) is 12.6. The van der Waals surface area contributed by atoms with Crippen molar-refractivity contribution in [2.45, 2.75) is 44.8 Å². The summed E-state index contributed by atoms with van der Waals surface area (Å²) in [6.45, 7) is 6.33. The van der Waals surface area contributed by atoms with Gasteiger partial charge in [-0.05, 0) is 56.9 Å². The van der Waals surface area contributed by atoms with E-state index in [1.807, 2.05) is 42.5 Å². The second-order valence-electron chi connectivity index (χ2n) is 8.13. The number of ketones is 1. The van der Waals surface area contributed by atoms with Crippen molar-refractivity contribution in [2.75, 3.05) is 18.4 Å². The number of hydrogen-bond donors (Lipinski definition) is 2. The molecule has 3 rings (SSSR count). The number of hydrogen-bond acceptors (Lipinski definition) is 4. The van der Waals surface area contributed by atoms with Crippen LogP contribution in [0.25, 0.3) is 11.1 Å². The Kier molecular flexibility index (Phi) is 5.91. The fourth-order valence-electron chi connectivity index (χ4n) is 3.22. The largest absolute Gasteiger partial charge is 0.385 e. The summed E-state index contributed by atoms with van der Waals surface area (Å²) >= 11 is 0. The van der Waals surface area contributed by atoms with Crippen molar-refractivity contribution in [1.29, 1.82) is 0 Å². The fourth-order valence-corrected chi connectivity index (χ4v) is 4.07. The molecular formula is C22H28N2O3S. The molecule has 1 aliphatic carbocycles. The minimum Gasteiger partial charge on any atom is -0.385 e. The second kappa shape index (κ2) is 8.05. The van der Waals surface area contributed by atoms with E-state index in [2.05, 4.69) is 10.0 Å². The average molecular weight is 401 g/mol.